The van der Waals surface area contributed by atoms with Gasteiger partial charge in [0.05, 0.1) is 0 Å². The molecule has 0 bridgehead atoms. The number of nitrogens with zero attached hydrogens (tertiary/aromatic N) is 1. The molecule has 2 aliphatic rings. The predicted molar refractivity (Wildman–Crippen MR) is 88.5 cm³/mol. The van der Waals surface area contributed by atoms with Crippen LogP contribution in [0.2, 0.25) is 0 Å². The maximum absolute atomic E-state index is 13.9. The van der Waals surface area contributed by atoms with Crippen molar-refractivity contribution in [3.05, 3.63) is 29.6 Å². The van der Waals surface area contributed by atoms with Crippen LogP contribution in [0.25, 0.3) is 0 Å². The highest BCUT2D eigenvalue weighted by Crippen LogP contribution is 2.37. The van der Waals surface area contributed by atoms with Crippen LogP contribution in [0.3, 0.4) is 0 Å². The van der Waals surface area contributed by atoms with Gasteiger partial charge in [-0.25, -0.2) is 17.5 Å². The summed E-state index contributed by atoms with van der Waals surface area (Å²) >= 11 is 0. The van der Waals surface area contributed by atoms with Crippen molar-refractivity contribution < 1.29 is 22.4 Å². The fraction of sp³-hybridized carbons (Fsp3) is 0.529. The van der Waals surface area contributed by atoms with E-state index >= 15 is 0 Å². The molecule has 0 aromatic heterocycles. The van der Waals surface area contributed by atoms with Gasteiger partial charge >= 0.3 is 0 Å². The van der Waals surface area contributed by atoms with E-state index < -0.39 is 32.2 Å². The van der Waals surface area contributed by atoms with Gasteiger partial charge in [-0.2, -0.15) is 0 Å². The van der Waals surface area contributed by atoms with Crippen molar-refractivity contribution in [2.75, 3.05) is 6.54 Å². The van der Waals surface area contributed by atoms with Crippen LogP contribution >= 0.6 is 0 Å². The van der Waals surface area contributed by atoms with E-state index in [1.165, 1.54) is 17.0 Å². The van der Waals surface area contributed by atoms with Crippen molar-refractivity contribution in [1.82, 2.24) is 9.62 Å². The Kier molecular flexibility index (Phi) is 4.35. The highest BCUT2D eigenvalue weighted by atomic mass is 32.2. The quantitative estimate of drug-likeness (QED) is 0.858. The highest BCUT2D eigenvalue weighted by molar-refractivity contribution is 7.90. The standard InChI is InChI=1S/C17H21FN2O4S/c1-11-3-6-13(18)14(9-11)25(23,24)19-16(22)17(2)7-8-20(17)15(21)10-12-4-5-12/h3,6,9,12H,4-5,7-8,10H2,1-2H3,(H,19,22). The second-order valence-corrected chi connectivity index (χ2v) is 8.74. The second kappa shape index (κ2) is 6.09. The SMILES string of the molecule is Cc1ccc(F)c(S(=O)(=O)NC(=O)C2(C)CCN2C(=O)CC2CC2)c1. The number of halogens is 1. The molecule has 136 valence electrons. The minimum atomic E-state index is -4.34. The minimum Gasteiger partial charge on any atom is -0.328 e. The number of rotatable bonds is 5. The Morgan fingerprint density at radius 3 is 2.60 bits per heavy atom. The first kappa shape index (κ1) is 17.8. The van der Waals surface area contributed by atoms with Crippen molar-refractivity contribution >= 4 is 21.8 Å². The fourth-order valence-electron chi connectivity index (χ4n) is 2.98. The number of nitrogens with one attached hydrogen (secondary N) is 1. The Hall–Kier alpha value is -1.96. The maximum Gasteiger partial charge on any atom is 0.267 e. The summed E-state index contributed by atoms with van der Waals surface area (Å²) in [7, 11) is -4.34. The summed E-state index contributed by atoms with van der Waals surface area (Å²) in [5.74, 6) is -1.48. The fourth-order valence-corrected chi connectivity index (χ4v) is 4.22. The van der Waals surface area contributed by atoms with Crippen molar-refractivity contribution in [3.8, 4) is 0 Å². The van der Waals surface area contributed by atoms with E-state index in [0.717, 1.165) is 18.9 Å². The number of sulfonamides is 1. The third-order valence-electron chi connectivity index (χ3n) is 4.97. The van der Waals surface area contributed by atoms with Crippen LogP contribution < -0.4 is 4.72 Å². The number of benzene rings is 1. The average molecular weight is 368 g/mol. The Morgan fingerprint density at radius 2 is 2.04 bits per heavy atom. The molecular formula is C17H21FN2O4S. The monoisotopic (exact) mass is 368 g/mol. The molecule has 2 fully saturated rings. The van der Waals surface area contributed by atoms with Crippen LogP contribution in [0.4, 0.5) is 4.39 Å². The zero-order valence-electron chi connectivity index (χ0n) is 14.2. The molecule has 8 heteroatoms. The molecule has 1 aliphatic carbocycles. The molecule has 25 heavy (non-hydrogen) atoms. The Balaban J connectivity index is 1.76. The third-order valence-corrected chi connectivity index (χ3v) is 6.32. The number of hydrogen-bond acceptors (Lipinski definition) is 4. The van der Waals surface area contributed by atoms with Crippen LogP contribution in [0.15, 0.2) is 23.1 Å². The maximum atomic E-state index is 13.9. The van der Waals surface area contributed by atoms with E-state index in [1.807, 2.05) is 4.72 Å². The summed E-state index contributed by atoms with van der Waals surface area (Å²) in [6.45, 7) is 3.60. The minimum absolute atomic E-state index is 0.134. The molecule has 0 radical (unpaired) electrons. The summed E-state index contributed by atoms with van der Waals surface area (Å²) < 4.78 is 40.6. The first-order valence-electron chi connectivity index (χ1n) is 8.27. The first-order chi connectivity index (χ1) is 11.6. The lowest BCUT2D eigenvalue weighted by molar-refractivity contribution is -0.156. The largest absolute Gasteiger partial charge is 0.328 e. The molecule has 1 aromatic carbocycles. The number of amides is 2. The summed E-state index contributed by atoms with van der Waals surface area (Å²) in [6, 6.07) is 3.66. The highest BCUT2D eigenvalue weighted by Gasteiger charge is 2.51. The Labute approximate surface area is 146 Å². The van der Waals surface area contributed by atoms with Crippen LogP contribution in [-0.2, 0) is 19.6 Å². The van der Waals surface area contributed by atoms with Gasteiger partial charge in [0, 0.05) is 13.0 Å². The van der Waals surface area contributed by atoms with Gasteiger partial charge < -0.3 is 4.90 Å². The lowest BCUT2D eigenvalue weighted by Crippen LogP contribution is -2.67. The summed E-state index contributed by atoms with van der Waals surface area (Å²) in [6.07, 6.45) is 2.80. The van der Waals surface area contributed by atoms with Gasteiger partial charge in [-0.05, 0) is 56.7 Å². The van der Waals surface area contributed by atoms with Gasteiger partial charge in [-0.3, -0.25) is 9.59 Å². The Morgan fingerprint density at radius 1 is 1.36 bits per heavy atom. The van der Waals surface area contributed by atoms with Gasteiger partial charge in [-0.15, -0.1) is 0 Å². The second-order valence-electron chi connectivity index (χ2n) is 7.09. The molecule has 0 spiro atoms. The number of aryl methyl sites for hydroxylation is 1. The van der Waals surface area contributed by atoms with Crippen molar-refractivity contribution in [2.45, 2.75) is 50.0 Å². The molecule has 1 heterocycles. The third kappa shape index (κ3) is 3.40. The van der Waals surface area contributed by atoms with Gasteiger partial charge in [0.2, 0.25) is 5.91 Å². The number of carbonyl (C=O) groups excluding carboxylic acids is 2. The molecule has 6 nitrogen and oxygen atoms in total. The molecule has 1 N–H and O–H groups in total. The summed E-state index contributed by atoms with van der Waals surface area (Å²) in [5.41, 5.74) is -0.649. The summed E-state index contributed by atoms with van der Waals surface area (Å²) in [4.78, 5) is 25.7. The molecule has 1 saturated carbocycles. The average Bonchev–Trinajstić information content (AvgIpc) is 3.30. The van der Waals surface area contributed by atoms with Crippen molar-refractivity contribution in [2.24, 2.45) is 5.92 Å². The molecule has 3 rings (SSSR count). The van der Waals surface area contributed by atoms with Gasteiger partial charge in [0.15, 0.2) is 0 Å². The predicted octanol–water partition coefficient (Wildman–Crippen LogP) is 1.73. The van der Waals surface area contributed by atoms with Gasteiger partial charge in [0.1, 0.15) is 16.3 Å². The first-order valence-corrected chi connectivity index (χ1v) is 9.76. The van der Waals surface area contributed by atoms with Crippen molar-refractivity contribution in [1.29, 1.82) is 0 Å². The lowest BCUT2D eigenvalue weighted by atomic mass is 9.85. The van der Waals surface area contributed by atoms with E-state index in [2.05, 4.69) is 0 Å². The molecule has 2 amide bonds. The molecular weight excluding hydrogens is 347 g/mol. The van der Waals surface area contributed by atoms with E-state index in [1.54, 1.807) is 13.8 Å². The van der Waals surface area contributed by atoms with E-state index in [9.17, 15) is 22.4 Å². The van der Waals surface area contributed by atoms with Crippen LogP contribution in [0.5, 0.6) is 0 Å². The molecule has 1 aliphatic heterocycles. The number of hydrogen-bond donors (Lipinski definition) is 1. The summed E-state index contributed by atoms with van der Waals surface area (Å²) in [5, 5.41) is 0. The topological polar surface area (TPSA) is 83.6 Å². The van der Waals surface area contributed by atoms with Crippen molar-refractivity contribution in [3.63, 3.8) is 0 Å². The number of likely N-dealkylation sites (tertiary alicyclic amines) is 1. The van der Waals surface area contributed by atoms with Crippen LogP contribution in [0.1, 0.15) is 38.2 Å². The van der Waals surface area contributed by atoms with E-state index in [4.69, 9.17) is 0 Å². The van der Waals surface area contributed by atoms with E-state index in [-0.39, 0.29) is 5.91 Å². The van der Waals surface area contributed by atoms with Gasteiger partial charge in [0.25, 0.3) is 15.9 Å². The lowest BCUT2D eigenvalue weighted by Gasteiger charge is -2.49. The number of carbonyl (C=O) groups is 2. The van der Waals surface area contributed by atoms with Gasteiger partial charge in [-0.1, -0.05) is 6.07 Å². The molecule has 1 atom stereocenters. The molecule has 1 aromatic rings. The smallest absolute Gasteiger partial charge is 0.267 e. The normalized spacial score (nSPS) is 23.1. The van der Waals surface area contributed by atoms with Crippen LogP contribution in [-0.4, -0.2) is 37.2 Å². The van der Waals surface area contributed by atoms with E-state index in [0.29, 0.717) is 30.9 Å². The molecule has 1 saturated heterocycles. The zero-order chi connectivity index (χ0) is 18.4. The zero-order valence-corrected chi connectivity index (χ0v) is 15.0. The molecule has 1 unspecified atom stereocenters. The van der Waals surface area contributed by atoms with Crippen LogP contribution in [0, 0.1) is 18.7 Å². The Bertz CT molecular complexity index is 835.